The lowest BCUT2D eigenvalue weighted by Gasteiger charge is -1.91. The number of nitrogens with zero attached hydrogens (tertiary/aromatic N) is 4. The molecule has 0 spiro atoms. The quantitative estimate of drug-likeness (QED) is 0.168. The Bertz CT molecular complexity index is 1440. The monoisotopic (exact) mass is 476 g/mol. The lowest BCUT2D eigenvalue weighted by atomic mass is 10.2. The Hall–Kier alpha value is -2.64. The van der Waals surface area contributed by atoms with E-state index in [2.05, 4.69) is 19.9 Å². The van der Waals surface area contributed by atoms with E-state index in [4.69, 9.17) is 55.2 Å². The van der Waals surface area contributed by atoms with E-state index in [0.717, 1.165) is 21.9 Å². The number of furan rings is 2. The molecule has 0 aliphatic heterocycles. The molecule has 6 aromatic rings. The zero-order valence-corrected chi connectivity index (χ0v) is 17.8. The molecule has 0 bridgehead atoms. The SMILES string of the molecule is Clc1nc(Cl)c2oc3ccccc3c2n1.Clc1nc(Cl)c2oc3ccccc3c2n1. The summed E-state index contributed by atoms with van der Waals surface area (Å²) in [5.74, 6) is 0. The summed E-state index contributed by atoms with van der Waals surface area (Å²) in [6, 6.07) is 15.1. The first-order valence-electron chi connectivity index (χ1n) is 8.52. The van der Waals surface area contributed by atoms with Gasteiger partial charge in [-0.05, 0) is 47.5 Å². The molecular formula is C20H8Cl4N4O2. The number of hydrogen-bond acceptors (Lipinski definition) is 6. The zero-order chi connectivity index (χ0) is 20.8. The molecule has 0 saturated carbocycles. The molecule has 0 unspecified atom stereocenters. The maximum Gasteiger partial charge on any atom is 0.224 e. The van der Waals surface area contributed by atoms with Crippen LogP contribution in [0.15, 0.2) is 57.4 Å². The molecule has 0 atom stereocenters. The van der Waals surface area contributed by atoms with E-state index in [1.165, 1.54) is 0 Å². The topological polar surface area (TPSA) is 77.8 Å². The molecule has 2 aromatic carbocycles. The van der Waals surface area contributed by atoms with Crippen LogP contribution in [0.5, 0.6) is 0 Å². The van der Waals surface area contributed by atoms with Crippen molar-refractivity contribution in [2.24, 2.45) is 0 Å². The highest BCUT2D eigenvalue weighted by molar-refractivity contribution is 6.36. The third-order valence-corrected chi connectivity index (χ3v) is 5.15. The molecule has 0 amide bonds. The maximum atomic E-state index is 5.90. The number of para-hydroxylation sites is 2. The van der Waals surface area contributed by atoms with Crippen LogP contribution >= 0.6 is 46.4 Å². The van der Waals surface area contributed by atoms with Gasteiger partial charge in [-0.25, -0.2) is 19.9 Å². The van der Waals surface area contributed by atoms with E-state index in [0.29, 0.717) is 22.2 Å². The van der Waals surface area contributed by atoms with Crippen LogP contribution in [0.3, 0.4) is 0 Å². The van der Waals surface area contributed by atoms with Gasteiger partial charge in [0.15, 0.2) is 21.5 Å². The molecule has 4 aromatic heterocycles. The first kappa shape index (κ1) is 19.3. The van der Waals surface area contributed by atoms with Gasteiger partial charge in [0.05, 0.1) is 0 Å². The average Bonchev–Trinajstić information content (AvgIpc) is 3.28. The van der Waals surface area contributed by atoms with Crippen LogP contribution in [0.25, 0.3) is 44.1 Å². The van der Waals surface area contributed by atoms with Crippen LogP contribution in [0.1, 0.15) is 0 Å². The third-order valence-electron chi connectivity index (χ3n) is 4.30. The standard InChI is InChI=1S/2C10H4Cl2N2O/c2*11-9-8-7(13-10(12)14-9)5-3-1-2-4-6(5)15-8/h2*1-4H. The third kappa shape index (κ3) is 3.32. The lowest BCUT2D eigenvalue weighted by Crippen LogP contribution is -1.82. The van der Waals surface area contributed by atoms with Crippen LogP contribution < -0.4 is 0 Å². The van der Waals surface area contributed by atoms with Crippen molar-refractivity contribution >= 4 is 90.5 Å². The highest BCUT2D eigenvalue weighted by Gasteiger charge is 2.14. The van der Waals surface area contributed by atoms with Gasteiger partial charge in [-0.2, -0.15) is 0 Å². The van der Waals surface area contributed by atoms with Gasteiger partial charge in [0, 0.05) is 10.8 Å². The van der Waals surface area contributed by atoms with Gasteiger partial charge in [-0.3, -0.25) is 0 Å². The molecular weight excluding hydrogens is 470 g/mol. The molecule has 148 valence electrons. The van der Waals surface area contributed by atoms with Gasteiger partial charge in [-0.15, -0.1) is 0 Å². The second-order valence-electron chi connectivity index (χ2n) is 6.12. The molecule has 6 nitrogen and oxygen atoms in total. The molecule has 0 saturated heterocycles. The fraction of sp³-hybridized carbons (Fsp3) is 0. The summed E-state index contributed by atoms with van der Waals surface area (Å²) in [5, 5.41) is 2.50. The number of benzene rings is 2. The summed E-state index contributed by atoms with van der Waals surface area (Å²) >= 11 is 23.3. The zero-order valence-electron chi connectivity index (χ0n) is 14.7. The van der Waals surface area contributed by atoms with Crippen molar-refractivity contribution in [2.75, 3.05) is 0 Å². The van der Waals surface area contributed by atoms with Crippen molar-refractivity contribution in [3.8, 4) is 0 Å². The minimum Gasteiger partial charge on any atom is -0.451 e. The van der Waals surface area contributed by atoms with Crippen molar-refractivity contribution in [2.45, 2.75) is 0 Å². The minimum absolute atomic E-state index is 0.124. The molecule has 0 aliphatic carbocycles. The average molecular weight is 478 g/mol. The van der Waals surface area contributed by atoms with Crippen LogP contribution in [0.4, 0.5) is 0 Å². The molecule has 0 aliphatic rings. The highest BCUT2D eigenvalue weighted by atomic mass is 35.5. The summed E-state index contributed by atoms with van der Waals surface area (Å²) in [5.41, 5.74) is 3.70. The molecule has 4 heterocycles. The van der Waals surface area contributed by atoms with Crippen molar-refractivity contribution in [1.82, 2.24) is 19.9 Å². The Kier molecular flexibility index (Phi) is 4.87. The molecule has 0 radical (unpaired) electrons. The number of aromatic nitrogens is 4. The number of halogens is 4. The van der Waals surface area contributed by atoms with Gasteiger partial charge in [0.2, 0.25) is 10.6 Å². The van der Waals surface area contributed by atoms with Gasteiger partial charge in [-0.1, -0.05) is 47.5 Å². The van der Waals surface area contributed by atoms with E-state index < -0.39 is 0 Å². The normalized spacial score (nSPS) is 11.3. The fourth-order valence-electron chi connectivity index (χ4n) is 3.06. The lowest BCUT2D eigenvalue weighted by molar-refractivity contribution is 0.665. The van der Waals surface area contributed by atoms with E-state index in [9.17, 15) is 0 Å². The summed E-state index contributed by atoms with van der Waals surface area (Å²) < 4.78 is 11.0. The van der Waals surface area contributed by atoms with Crippen LogP contribution in [0.2, 0.25) is 20.9 Å². The van der Waals surface area contributed by atoms with Crippen molar-refractivity contribution in [3.63, 3.8) is 0 Å². The van der Waals surface area contributed by atoms with E-state index in [-0.39, 0.29) is 20.9 Å². The Labute approximate surface area is 188 Å². The number of fused-ring (bicyclic) bond motifs is 6. The maximum absolute atomic E-state index is 5.90. The predicted molar refractivity (Wildman–Crippen MR) is 119 cm³/mol. The molecule has 0 N–H and O–H groups in total. The number of hydrogen-bond donors (Lipinski definition) is 0. The van der Waals surface area contributed by atoms with Crippen LogP contribution in [-0.2, 0) is 0 Å². The number of rotatable bonds is 0. The molecule has 6 rings (SSSR count). The van der Waals surface area contributed by atoms with Gasteiger partial charge < -0.3 is 8.83 Å². The summed E-state index contributed by atoms with van der Waals surface area (Å²) in [6.45, 7) is 0. The molecule has 0 fully saturated rings. The Morgan fingerprint density at radius 1 is 0.533 bits per heavy atom. The van der Waals surface area contributed by atoms with Gasteiger partial charge >= 0.3 is 0 Å². The van der Waals surface area contributed by atoms with Crippen LogP contribution in [-0.4, -0.2) is 19.9 Å². The van der Waals surface area contributed by atoms with Crippen molar-refractivity contribution in [1.29, 1.82) is 0 Å². The first-order valence-corrected chi connectivity index (χ1v) is 10.0. The van der Waals surface area contributed by atoms with Gasteiger partial charge in [0.1, 0.15) is 22.2 Å². The Morgan fingerprint density at radius 3 is 1.37 bits per heavy atom. The second kappa shape index (κ2) is 7.56. The van der Waals surface area contributed by atoms with E-state index in [1.54, 1.807) is 0 Å². The smallest absolute Gasteiger partial charge is 0.224 e. The Balaban J connectivity index is 0.000000128. The predicted octanol–water partition coefficient (Wildman–Crippen LogP) is 7.37. The van der Waals surface area contributed by atoms with E-state index >= 15 is 0 Å². The molecule has 30 heavy (non-hydrogen) atoms. The van der Waals surface area contributed by atoms with Crippen molar-refractivity contribution in [3.05, 3.63) is 69.4 Å². The summed E-state index contributed by atoms with van der Waals surface area (Å²) in [6.07, 6.45) is 0. The largest absolute Gasteiger partial charge is 0.451 e. The van der Waals surface area contributed by atoms with Gasteiger partial charge in [0.25, 0.3) is 0 Å². The fourth-order valence-corrected chi connectivity index (χ4v) is 3.90. The summed E-state index contributed by atoms with van der Waals surface area (Å²) in [7, 11) is 0. The Morgan fingerprint density at radius 2 is 0.933 bits per heavy atom. The first-order chi connectivity index (χ1) is 14.5. The second-order valence-corrected chi connectivity index (χ2v) is 7.51. The highest BCUT2D eigenvalue weighted by Crippen LogP contribution is 2.32. The van der Waals surface area contributed by atoms with Crippen molar-refractivity contribution < 1.29 is 8.83 Å². The van der Waals surface area contributed by atoms with E-state index in [1.807, 2.05) is 48.5 Å². The minimum atomic E-state index is 0.124. The summed E-state index contributed by atoms with van der Waals surface area (Å²) in [4.78, 5) is 15.8. The van der Waals surface area contributed by atoms with Crippen LogP contribution in [0, 0.1) is 0 Å². The molecule has 10 heteroatoms.